The summed E-state index contributed by atoms with van der Waals surface area (Å²) in [5.41, 5.74) is 2.42. The zero-order valence-electron chi connectivity index (χ0n) is 22.7. The van der Waals surface area contributed by atoms with Crippen LogP contribution in [-0.2, 0) is 24.5 Å². The molecule has 0 aliphatic carbocycles. The lowest BCUT2D eigenvalue weighted by Crippen LogP contribution is -2.39. The van der Waals surface area contributed by atoms with Gasteiger partial charge in [-0.3, -0.25) is 9.36 Å². The van der Waals surface area contributed by atoms with Gasteiger partial charge in [0.2, 0.25) is 0 Å². The number of nitrogens with one attached hydrogen (secondary N) is 1. The minimum atomic E-state index is -0.910. The topological polar surface area (TPSA) is 100 Å². The summed E-state index contributed by atoms with van der Waals surface area (Å²) in [4.78, 5) is 23.6. The number of aromatic amines is 1. The van der Waals surface area contributed by atoms with Gasteiger partial charge in [-0.25, -0.2) is 9.97 Å². The SMILES string of the molecule is CC1(C)O[C@@H]2[C@H](O1)[C@@H](COC(c1ccccc1)(c1ccccc1)c1ccccc1)O[C@@H]2n1cnc2c(=O)[nH]cnc21. The quantitative estimate of drug-likeness (QED) is 0.297. The summed E-state index contributed by atoms with van der Waals surface area (Å²) in [7, 11) is 0. The molecule has 3 aromatic carbocycles. The van der Waals surface area contributed by atoms with Crippen LogP contribution in [0.1, 0.15) is 36.8 Å². The summed E-state index contributed by atoms with van der Waals surface area (Å²) in [6.45, 7) is 3.98. The Bertz CT molecular complexity index is 1610. The highest BCUT2D eigenvalue weighted by atomic mass is 16.8. The summed E-state index contributed by atoms with van der Waals surface area (Å²) < 4.78 is 28.1. The Labute approximate surface area is 236 Å². The Hall–Kier alpha value is -4.15. The molecule has 208 valence electrons. The van der Waals surface area contributed by atoms with Gasteiger partial charge in [-0.1, -0.05) is 91.0 Å². The van der Waals surface area contributed by atoms with Gasteiger partial charge in [0, 0.05) is 0 Å². The van der Waals surface area contributed by atoms with Gasteiger partial charge in [0.25, 0.3) is 5.56 Å². The van der Waals surface area contributed by atoms with Crippen molar-refractivity contribution in [2.75, 3.05) is 6.61 Å². The molecule has 2 aromatic heterocycles. The van der Waals surface area contributed by atoms with Crippen molar-refractivity contribution in [3.63, 3.8) is 0 Å². The van der Waals surface area contributed by atoms with E-state index in [1.165, 1.54) is 6.33 Å². The van der Waals surface area contributed by atoms with Crippen LogP contribution in [0.4, 0.5) is 0 Å². The van der Waals surface area contributed by atoms with E-state index < -0.39 is 35.9 Å². The van der Waals surface area contributed by atoms with Crippen LogP contribution in [0.25, 0.3) is 11.2 Å². The molecule has 9 heteroatoms. The predicted molar refractivity (Wildman–Crippen MR) is 151 cm³/mol. The number of hydrogen-bond acceptors (Lipinski definition) is 7. The van der Waals surface area contributed by atoms with E-state index in [2.05, 4.69) is 51.4 Å². The van der Waals surface area contributed by atoms with E-state index in [-0.39, 0.29) is 17.7 Å². The van der Waals surface area contributed by atoms with Crippen LogP contribution < -0.4 is 5.56 Å². The molecule has 1 N–H and O–H groups in total. The first kappa shape index (κ1) is 25.8. The Morgan fingerprint density at radius 1 is 0.854 bits per heavy atom. The number of fused-ring (bicyclic) bond motifs is 2. The number of rotatable bonds is 7. The van der Waals surface area contributed by atoms with E-state index in [0.29, 0.717) is 5.65 Å². The molecule has 5 aromatic rings. The molecular formula is C32H30N4O5. The van der Waals surface area contributed by atoms with Crippen molar-refractivity contribution in [1.29, 1.82) is 0 Å². The number of H-pyrrole nitrogens is 1. The highest BCUT2D eigenvalue weighted by Gasteiger charge is 2.57. The number of hydrogen-bond donors (Lipinski definition) is 1. The molecule has 2 aliphatic heterocycles. The van der Waals surface area contributed by atoms with Gasteiger partial charge in [-0.05, 0) is 30.5 Å². The number of imidazole rings is 1. The second-order valence-electron chi connectivity index (χ2n) is 10.8. The predicted octanol–water partition coefficient (Wildman–Crippen LogP) is 4.55. The molecule has 0 amide bonds. The maximum Gasteiger partial charge on any atom is 0.278 e. The Balaban J connectivity index is 1.29. The molecule has 9 nitrogen and oxygen atoms in total. The monoisotopic (exact) mass is 550 g/mol. The van der Waals surface area contributed by atoms with Gasteiger partial charge in [0.05, 0.1) is 19.3 Å². The molecule has 7 rings (SSSR count). The lowest BCUT2D eigenvalue weighted by molar-refractivity contribution is -0.204. The fraction of sp³-hybridized carbons (Fsp3) is 0.281. The molecule has 4 heterocycles. The van der Waals surface area contributed by atoms with Crippen molar-refractivity contribution in [3.8, 4) is 0 Å². The minimum absolute atomic E-state index is 0.205. The van der Waals surface area contributed by atoms with Crippen LogP contribution in [0.5, 0.6) is 0 Å². The number of benzene rings is 3. The first-order valence-electron chi connectivity index (χ1n) is 13.7. The second-order valence-corrected chi connectivity index (χ2v) is 10.8. The smallest absolute Gasteiger partial charge is 0.278 e. The summed E-state index contributed by atoms with van der Waals surface area (Å²) in [6.07, 6.45) is 0.941. The van der Waals surface area contributed by atoms with E-state index >= 15 is 0 Å². The summed E-state index contributed by atoms with van der Waals surface area (Å²) in [5.74, 6) is -0.827. The molecule has 2 aliphatic rings. The van der Waals surface area contributed by atoms with Crippen LogP contribution in [-0.4, -0.2) is 50.2 Å². The maximum atomic E-state index is 12.3. The van der Waals surface area contributed by atoms with E-state index in [1.807, 2.05) is 68.4 Å². The van der Waals surface area contributed by atoms with Crippen LogP contribution >= 0.6 is 0 Å². The summed E-state index contributed by atoms with van der Waals surface area (Å²) >= 11 is 0. The van der Waals surface area contributed by atoms with Crippen LogP contribution in [0.3, 0.4) is 0 Å². The highest BCUT2D eigenvalue weighted by Crippen LogP contribution is 2.46. The Morgan fingerprint density at radius 3 is 2.00 bits per heavy atom. The lowest BCUT2D eigenvalue weighted by Gasteiger charge is -2.37. The minimum Gasteiger partial charge on any atom is -0.358 e. The number of nitrogens with zero attached hydrogens (tertiary/aromatic N) is 3. The summed E-state index contributed by atoms with van der Waals surface area (Å²) in [5, 5.41) is 0. The maximum absolute atomic E-state index is 12.3. The van der Waals surface area contributed by atoms with Crippen molar-refractivity contribution in [2.24, 2.45) is 0 Å². The Kier molecular flexibility index (Phi) is 6.32. The molecule has 4 atom stereocenters. The van der Waals surface area contributed by atoms with Crippen LogP contribution in [0, 0.1) is 0 Å². The number of aromatic nitrogens is 4. The fourth-order valence-electron chi connectivity index (χ4n) is 6.04. The van der Waals surface area contributed by atoms with Gasteiger partial charge in [-0.2, -0.15) is 0 Å². The molecule has 0 saturated carbocycles. The van der Waals surface area contributed by atoms with E-state index in [0.717, 1.165) is 16.7 Å². The molecule has 0 spiro atoms. The zero-order chi connectivity index (χ0) is 28.0. The Morgan fingerprint density at radius 2 is 1.41 bits per heavy atom. The standard InChI is InChI=1S/C32H30N4O5/c1-31(2)40-26-24(39-30(27(26)41-31)36-20-35-25-28(36)33-19-34-29(25)37)18-38-32(21-12-6-3-7-13-21,22-14-8-4-9-15-22)23-16-10-5-11-17-23/h3-17,19-20,24,26-27,30H,18H2,1-2H3,(H,33,34,37)/t24-,26-,27-,30+/m1/s1. The third-order valence-electron chi connectivity index (χ3n) is 7.77. The highest BCUT2D eigenvalue weighted by molar-refractivity contribution is 5.68. The first-order valence-corrected chi connectivity index (χ1v) is 13.7. The van der Waals surface area contributed by atoms with Gasteiger partial charge < -0.3 is 23.9 Å². The van der Waals surface area contributed by atoms with Crippen molar-refractivity contribution < 1.29 is 18.9 Å². The third-order valence-corrected chi connectivity index (χ3v) is 7.77. The fourth-order valence-corrected chi connectivity index (χ4v) is 6.04. The van der Waals surface area contributed by atoms with Crippen molar-refractivity contribution in [2.45, 2.75) is 49.8 Å². The molecule has 0 bridgehead atoms. The van der Waals surface area contributed by atoms with E-state index in [4.69, 9.17) is 18.9 Å². The lowest BCUT2D eigenvalue weighted by atomic mass is 9.80. The van der Waals surface area contributed by atoms with Gasteiger partial charge in [-0.15, -0.1) is 0 Å². The zero-order valence-corrected chi connectivity index (χ0v) is 22.7. The molecule has 2 saturated heterocycles. The summed E-state index contributed by atoms with van der Waals surface area (Å²) in [6, 6.07) is 30.6. The van der Waals surface area contributed by atoms with Gasteiger partial charge >= 0.3 is 0 Å². The van der Waals surface area contributed by atoms with Crippen LogP contribution in [0.15, 0.2) is 108 Å². The van der Waals surface area contributed by atoms with Gasteiger partial charge in [0.1, 0.15) is 23.9 Å². The molecule has 0 radical (unpaired) electrons. The van der Waals surface area contributed by atoms with E-state index in [1.54, 1.807) is 10.9 Å². The van der Waals surface area contributed by atoms with Crippen molar-refractivity contribution in [1.82, 2.24) is 19.5 Å². The van der Waals surface area contributed by atoms with E-state index in [9.17, 15) is 4.79 Å². The molecular weight excluding hydrogens is 520 g/mol. The normalized spacial score (nSPS) is 23.6. The third kappa shape index (κ3) is 4.38. The molecule has 41 heavy (non-hydrogen) atoms. The van der Waals surface area contributed by atoms with Gasteiger partial charge in [0.15, 0.2) is 23.2 Å². The largest absolute Gasteiger partial charge is 0.358 e. The average Bonchev–Trinajstić information content (AvgIpc) is 3.67. The van der Waals surface area contributed by atoms with Crippen molar-refractivity contribution >= 4 is 11.2 Å². The van der Waals surface area contributed by atoms with Crippen LogP contribution in [0.2, 0.25) is 0 Å². The number of ether oxygens (including phenoxy) is 4. The second kappa shape index (κ2) is 10.0. The average molecular weight is 551 g/mol. The first-order chi connectivity index (χ1) is 20.0. The van der Waals surface area contributed by atoms with Crippen molar-refractivity contribution in [3.05, 3.63) is 131 Å². The molecule has 2 fully saturated rings. The molecule has 0 unspecified atom stereocenters.